The van der Waals surface area contributed by atoms with Gasteiger partial charge in [-0.3, -0.25) is 13.9 Å². The van der Waals surface area contributed by atoms with E-state index in [2.05, 4.69) is 5.32 Å². The van der Waals surface area contributed by atoms with Gasteiger partial charge in [-0.1, -0.05) is 59.6 Å². The lowest BCUT2D eigenvalue weighted by molar-refractivity contribution is -0.139. The Morgan fingerprint density at radius 1 is 0.897 bits per heavy atom. The number of hydrogen-bond acceptors (Lipinski definition) is 4. The average Bonchev–Trinajstić information content (AvgIpc) is 2.87. The summed E-state index contributed by atoms with van der Waals surface area (Å²) >= 11 is 12.2. The van der Waals surface area contributed by atoms with Crippen LogP contribution in [0.15, 0.2) is 83.8 Å². The Morgan fingerprint density at radius 2 is 1.54 bits per heavy atom. The maximum absolute atomic E-state index is 13.9. The molecular formula is C29H33Cl2N3O4S. The molecule has 208 valence electrons. The molecule has 2 amide bonds. The Hall–Kier alpha value is -3.07. The second-order valence-corrected chi connectivity index (χ2v) is 12.9. The average molecular weight is 591 g/mol. The molecule has 0 spiro atoms. The van der Waals surface area contributed by atoms with Crippen molar-refractivity contribution in [3.05, 3.63) is 94.5 Å². The van der Waals surface area contributed by atoms with E-state index in [1.54, 1.807) is 25.1 Å². The summed E-state index contributed by atoms with van der Waals surface area (Å²) in [5, 5.41) is 3.61. The lowest BCUT2D eigenvalue weighted by Crippen LogP contribution is -2.55. The normalized spacial score (nSPS) is 12.5. The van der Waals surface area contributed by atoms with Gasteiger partial charge < -0.3 is 10.2 Å². The molecule has 1 N–H and O–H groups in total. The predicted octanol–water partition coefficient (Wildman–Crippen LogP) is 5.56. The second-order valence-electron chi connectivity index (χ2n) is 10.2. The zero-order valence-electron chi connectivity index (χ0n) is 22.4. The van der Waals surface area contributed by atoms with E-state index in [-0.39, 0.29) is 23.0 Å². The number of nitrogens with one attached hydrogen (secondary N) is 1. The molecule has 0 aromatic heterocycles. The van der Waals surface area contributed by atoms with Crippen molar-refractivity contribution in [2.45, 2.75) is 50.6 Å². The van der Waals surface area contributed by atoms with Crippen LogP contribution in [0.2, 0.25) is 10.0 Å². The fraction of sp³-hybridized carbons (Fsp3) is 0.310. The summed E-state index contributed by atoms with van der Waals surface area (Å²) in [7, 11) is -4.19. The molecule has 39 heavy (non-hydrogen) atoms. The lowest BCUT2D eigenvalue weighted by Gasteiger charge is -2.33. The Kier molecular flexibility index (Phi) is 10.0. The van der Waals surface area contributed by atoms with Crippen LogP contribution in [0.1, 0.15) is 33.3 Å². The largest absolute Gasteiger partial charge is 0.350 e. The fourth-order valence-electron chi connectivity index (χ4n) is 3.94. The molecule has 0 saturated carbocycles. The van der Waals surface area contributed by atoms with Gasteiger partial charge in [0.2, 0.25) is 11.8 Å². The van der Waals surface area contributed by atoms with Gasteiger partial charge in [-0.2, -0.15) is 0 Å². The number of carbonyl (C=O) groups excluding carboxylic acids is 2. The van der Waals surface area contributed by atoms with Gasteiger partial charge >= 0.3 is 0 Å². The van der Waals surface area contributed by atoms with Gasteiger partial charge in [0.05, 0.1) is 10.6 Å². The molecule has 3 aromatic rings. The van der Waals surface area contributed by atoms with Crippen LogP contribution in [-0.2, 0) is 26.0 Å². The van der Waals surface area contributed by atoms with E-state index >= 15 is 0 Å². The Labute approximate surface area is 240 Å². The Balaban J connectivity index is 1.99. The van der Waals surface area contributed by atoms with Gasteiger partial charge in [0.1, 0.15) is 12.6 Å². The van der Waals surface area contributed by atoms with E-state index in [1.807, 2.05) is 51.1 Å². The third kappa shape index (κ3) is 8.46. The van der Waals surface area contributed by atoms with Crippen molar-refractivity contribution in [2.75, 3.05) is 17.4 Å². The SMILES string of the molecule is CC(C(=O)NC(C)(C)C)N(CCc1ccccc1)C(=O)CN(c1cccc(Cl)c1)S(=O)(=O)c1ccc(Cl)cc1. The van der Waals surface area contributed by atoms with Gasteiger partial charge in [0.25, 0.3) is 10.0 Å². The summed E-state index contributed by atoms with van der Waals surface area (Å²) in [5.74, 6) is -0.862. The summed E-state index contributed by atoms with van der Waals surface area (Å²) in [5.41, 5.74) is 0.698. The first-order valence-electron chi connectivity index (χ1n) is 12.5. The smallest absolute Gasteiger partial charge is 0.264 e. The number of halogens is 2. The maximum atomic E-state index is 13.9. The van der Waals surface area contributed by atoms with Crippen molar-refractivity contribution in [1.82, 2.24) is 10.2 Å². The Morgan fingerprint density at radius 3 is 2.13 bits per heavy atom. The standard InChI is InChI=1S/C29H33Cl2N3O4S/c1-21(28(36)32-29(2,3)4)33(18-17-22-9-6-5-7-10-22)27(35)20-34(25-12-8-11-24(31)19-25)39(37,38)26-15-13-23(30)14-16-26/h5-16,19,21H,17-18,20H2,1-4H3,(H,32,36). The summed E-state index contributed by atoms with van der Waals surface area (Å²) < 4.78 is 28.6. The molecule has 3 aromatic carbocycles. The molecule has 0 aliphatic carbocycles. The molecular weight excluding hydrogens is 557 g/mol. The first-order valence-corrected chi connectivity index (χ1v) is 14.7. The topological polar surface area (TPSA) is 86.8 Å². The van der Waals surface area contributed by atoms with Crippen LogP contribution < -0.4 is 9.62 Å². The van der Waals surface area contributed by atoms with Crippen LogP contribution in [0.5, 0.6) is 0 Å². The Bertz CT molecular complexity index is 1390. The number of amides is 2. The van der Waals surface area contributed by atoms with Gasteiger partial charge in [0, 0.05) is 22.1 Å². The minimum atomic E-state index is -4.19. The van der Waals surface area contributed by atoms with Crippen LogP contribution >= 0.6 is 23.2 Å². The van der Waals surface area contributed by atoms with Crippen molar-refractivity contribution in [3.8, 4) is 0 Å². The van der Waals surface area contributed by atoms with E-state index in [0.29, 0.717) is 16.5 Å². The van der Waals surface area contributed by atoms with Gasteiger partial charge in [0.15, 0.2) is 0 Å². The molecule has 0 aliphatic heterocycles. The van der Waals surface area contributed by atoms with Crippen LogP contribution in [0.4, 0.5) is 5.69 Å². The maximum Gasteiger partial charge on any atom is 0.264 e. The van der Waals surface area contributed by atoms with Crippen molar-refractivity contribution >= 4 is 50.7 Å². The number of anilines is 1. The minimum absolute atomic E-state index is 0.0333. The quantitative estimate of drug-likeness (QED) is 0.335. The van der Waals surface area contributed by atoms with Crippen molar-refractivity contribution in [2.24, 2.45) is 0 Å². The number of sulfonamides is 1. The highest BCUT2D eigenvalue weighted by Gasteiger charge is 2.33. The van der Waals surface area contributed by atoms with E-state index in [1.165, 1.54) is 35.2 Å². The summed E-state index contributed by atoms with van der Waals surface area (Å²) in [6.45, 7) is 6.88. The number of carbonyl (C=O) groups is 2. The molecule has 0 radical (unpaired) electrons. The number of nitrogens with zero attached hydrogens (tertiary/aromatic N) is 2. The van der Waals surface area contributed by atoms with Crippen molar-refractivity contribution in [3.63, 3.8) is 0 Å². The van der Waals surface area contributed by atoms with Crippen LogP contribution in [0.3, 0.4) is 0 Å². The van der Waals surface area contributed by atoms with E-state index in [0.717, 1.165) is 9.87 Å². The molecule has 0 saturated heterocycles. The molecule has 0 aliphatic rings. The van der Waals surface area contributed by atoms with Gasteiger partial charge in [-0.25, -0.2) is 8.42 Å². The minimum Gasteiger partial charge on any atom is -0.350 e. The number of benzene rings is 3. The molecule has 0 fully saturated rings. The van der Waals surface area contributed by atoms with Crippen LogP contribution in [0.25, 0.3) is 0 Å². The van der Waals surface area contributed by atoms with Crippen molar-refractivity contribution < 1.29 is 18.0 Å². The van der Waals surface area contributed by atoms with E-state index < -0.39 is 34.1 Å². The zero-order valence-corrected chi connectivity index (χ0v) is 24.7. The summed E-state index contributed by atoms with van der Waals surface area (Å²) in [4.78, 5) is 28.3. The first-order chi connectivity index (χ1) is 18.3. The van der Waals surface area contributed by atoms with Crippen LogP contribution in [-0.4, -0.2) is 49.8 Å². The third-order valence-electron chi connectivity index (χ3n) is 5.93. The molecule has 7 nitrogen and oxygen atoms in total. The predicted molar refractivity (Wildman–Crippen MR) is 157 cm³/mol. The number of rotatable bonds is 10. The molecule has 3 rings (SSSR count). The highest BCUT2D eigenvalue weighted by atomic mass is 35.5. The van der Waals surface area contributed by atoms with Crippen molar-refractivity contribution in [1.29, 1.82) is 0 Å². The van der Waals surface area contributed by atoms with Crippen LogP contribution in [0, 0.1) is 0 Å². The van der Waals surface area contributed by atoms with Gasteiger partial charge in [-0.05, 0) is 82.1 Å². The van der Waals surface area contributed by atoms with Gasteiger partial charge in [-0.15, -0.1) is 0 Å². The monoisotopic (exact) mass is 589 g/mol. The molecule has 0 heterocycles. The summed E-state index contributed by atoms with van der Waals surface area (Å²) in [6, 6.07) is 20.7. The molecule has 1 atom stereocenters. The highest BCUT2D eigenvalue weighted by molar-refractivity contribution is 7.92. The van der Waals surface area contributed by atoms with E-state index in [9.17, 15) is 18.0 Å². The highest BCUT2D eigenvalue weighted by Crippen LogP contribution is 2.27. The van der Waals surface area contributed by atoms with E-state index in [4.69, 9.17) is 23.2 Å². The fourth-order valence-corrected chi connectivity index (χ4v) is 5.65. The number of hydrogen-bond donors (Lipinski definition) is 1. The second kappa shape index (κ2) is 12.9. The molecule has 0 bridgehead atoms. The third-order valence-corrected chi connectivity index (χ3v) is 8.20. The molecule has 10 heteroatoms. The first kappa shape index (κ1) is 30.5. The molecule has 1 unspecified atom stereocenters. The lowest BCUT2D eigenvalue weighted by atomic mass is 10.1. The zero-order chi connectivity index (χ0) is 28.8. The summed E-state index contributed by atoms with van der Waals surface area (Å²) in [6.07, 6.45) is 0.487.